The molecule has 0 heterocycles. The highest BCUT2D eigenvalue weighted by molar-refractivity contribution is 5.80. The Hall–Kier alpha value is -1.35. The third-order valence-corrected chi connectivity index (χ3v) is 3.60. The fraction of sp³-hybridized carbons (Fsp3) is 0.533. The summed E-state index contributed by atoms with van der Waals surface area (Å²) in [5, 5.41) is 0. The van der Waals surface area contributed by atoms with Gasteiger partial charge in [0.25, 0.3) is 0 Å². The fourth-order valence-electron chi connectivity index (χ4n) is 2.00. The molecule has 0 saturated heterocycles. The van der Waals surface area contributed by atoms with Crippen molar-refractivity contribution in [2.45, 2.75) is 39.3 Å². The first-order valence-electron chi connectivity index (χ1n) is 6.31. The number of carbonyl (C=O) groups excluding carboxylic acids is 1. The zero-order valence-corrected chi connectivity index (χ0v) is 11.9. The van der Waals surface area contributed by atoms with Crippen molar-refractivity contribution in [1.29, 1.82) is 0 Å². The zero-order chi connectivity index (χ0) is 13.7. The maximum Gasteiger partial charge on any atom is 0.146 e. The first kappa shape index (κ1) is 14.7. The van der Waals surface area contributed by atoms with Crippen LogP contribution in [-0.2, 0) is 11.2 Å². The number of para-hydroxylation sites is 1. The van der Waals surface area contributed by atoms with Crippen LogP contribution in [0.15, 0.2) is 24.3 Å². The average molecular weight is 249 g/mol. The molecule has 0 aliphatic carbocycles. The molecule has 2 atom stereocenters. The number of ketones is 1. The van der Waals surface area contributed by atoms with E-state index in [1.54, 1.807) is 14.0 Å². The molecule has 0 bridgehead atoms. The minimum absolute atomic E-state index is 0.0466. The Bertz CT molecular complexity index is 403. The van der Waals surface area contributed by atoms with Crippen molar-refractivity contribution in [1.82, 2.24) is 4.90 Å². The van der Waals surface area contributed by atoms with Gasteiger partial charge in [-0.2, -0.15) is 0 Å². The predicted molar refractivity (Wildman–Crippen MR) is 74.1 cm³/mol. The van der Waals surface area contributed by atoms with Gasteiger partial charge in [0.2, 0.25) is 0 Å². The van der Waals surface area contributed by atoms with E-state index >= 15 is 0 Å². The topological polar surface area (TPSA) is 29.5 Å². The second-order valence-electron chi connectivity index (χ2n) is 4.82. The Morgan fingerprint density at radius 2 is 1.94 bits per heavy atom. The van der Waals surface area contributed by atoms with Crippen LogP contribution in [0.1, 0.15) is 26.3 Å². The van der Waals surface area contributed by atoms with Crippen molar-refractivity contribution in [3.63, 3.8) is 0 Å². The molecule has 0 saturated carbocycles. The number of hydrogen-bond acceptors (Lipinski definition) is 3. The van der Waals surface area contributed by atoms with E-state index in [-0.39, 0.29) is 11.8 Å². The van der Waals surface area contributed by atoms with Crippen LogP contribution >= 0.6 is 0 Å². The van der Waals surface area contributed by atoms with Crippen LogP contribution in [0.25, 0.3) is 0 Å². The first-order valence-corrected chi connectivity index (χ1v) is 6.31. The maximum absolute atomic E-state index is 11.4. The molecule has 3 nitrogen and oxygen atoms in total. The Morgan fingerprint density at radius 1 is 1.33 bits per heavy atom. The standard InChI is InChI=1S/C15H23NO2/c1-11(16(4)12(2)13(3)17)10-14-8-6-7-9-15(14)18-5/h6-9,11-12H,10H2,1-5H3. The molecule has 0 amide bonds. The molecular formula is C15H23NO2. The van der Waals surface area contributed by atoms with E-state index in [0.29, 0.717) is 6.04 Å². The van der Waals surface area contributed by atoms with Crippen LogP contribution in [0.3, 0.4) is 0 Å². The van der Waals surface area contributed by atoms with Crippen LogP contribution in [0.5, 0.6) is 5.75 Å². The van der Waals surface area contributed by atoms with Gasteiger partial charge in [-0.05, 0) is 45.9 Å². The maximum atomic E-state index is 11.4. The molecule has 0 fully saturated rings. The second-order valence-corrected chi connectivity index (χ2v) is 4.82. The third kappa shape index (κ3) is 3.57. The van der Waals surface area contributed by atoms with E-state index in [0.717, 1.165) is 12.2 Å². The van der Waals surface area contributed by atoms with Crippen molar-refractivity contribution >= 4 is 5.78 Å². The normalized spacial score (nSPS) is 14.3. The molecule has 0 radical (unpaired) electrons. The Kier molecular flexibility index (Phi) is 5.35. The molecule has 3 heteroatoms. The molecule has 1 aromatic rings. The van der Waals surface area contributed by atoms with E-state index in [4.69, 9.17) is 4.74 Å². The lowest BCUT2D eigenvalue weighted by Crippen LogP contribution is -2.41. The van der Waals surface area contributed by atoms with Crippen molar-refractivity contribution in [2.75, 3.05) is 14.2 Å². The highest BCUT2D eigenvalue weighted by Gasteiger charge is 2.20. The molecular weight excluding hydrogens is 226 g/mol. The van der Waals surface area contributed by atoms with Crippen molar-refractivity contribution in [3.05, 3.63) is 29.8 Å². The molecule has 100 valence electrons. The molecule has 1 aromatic carbocycles. The number of Topliss-reactive ketones (excluding diaryl/α,β-unsaturated/α-hetero) is 1. The predicted octanol–water partition coefficient (Wildman–Crippen LogP) is 2.54. The van der Waals surface area contributed by atoms with Crippen LogP contribution in [0.4, 0.5) is 0 Å². The number of likely N-dealkylation sites (N-methyl/N-ethyl adjacent to an activating group) is 1. The summed E-state index contributed by atoms with van der Waals surface area (Å²) in [6, 6.07) is 8.27. The highest BCUT2D eigenvalue weighted by atomic mass is 16.5. The lowest BCUT2D eigenvalue weighted by Gasteiger charge is -2.29. The summed E-state index contributed by atoms with van der Waals surface area (Å²) >= 11 is 0. The van der Waals surface area contributed by atoms with Crippen LogP contribution in [0.2, 0.25) is 0 Å². The van der Waals surface area contributed by atoms with Gasteiger partial charge in [0, 0.05) is 6.04 Å². The summed E-state index contributed by atoms with van der Waals surface area (Å²) in [5.41, 5.74) is 1.18. The average Bonchev–Trinajstić information content (AvgIpc) is 2.37. The van der Waals surface area contributed by atoms with Gasteiger partial charge in [-0.3, -0.25) is 9.69 Å². The largest absolute Gasteiger partial charge is 0.496 e. The van der Waals surface area contributed by atoms with E-state index in [1.807, 2.05) is 32.2 Å². The summed E-state index contributed by atoms with van der Waals surface area (Å²) in [7, 11) is 3.68. The lowest BCUT2D eigenvalue weighted by molar-refractivity contribution is -0.121. The van der Waals surface area contributed by atoms with Gasteiger partial charge in [-0.25, -0.2) is 0 Å². The van der Waals surface area contributed by atoms with Gasteiger partial charge in [-0.1, -0.05) is 18.2 Å². The number of ether oxygens (including phenoxy) is 1. The molecule has 0 spiro atoms. The fourth-order valence-corrected chi connectivity index (χ4v) is 2.00. The van der Waals surface area contributed by atoms with Gasteiger partial charge < -0.3 is 4.74 Å². The number of methoxy groups -OCH3 is 1. The number of carbonyl (C=O) groups is 1. The van der Waals surface area contributed by atoms with Crippen LogP contribution in [0, 0.1) is 0 Å². The quantitative estimate of drug-likeness (QED) is 0.776. The minimum atomic E-state index is -0.0466. The van der Waals surface area contributed by atoms with E-state index in [9.17, 15) is 4.79 Å². The van der Waals surface area contributed by atoms with Gasteiger partial charge in [0.05, 0.1) is 13.2 Å². The molecule has 0 aromatic heterocycles. The van der Waals surface area contributed by atoms with Crippen molar-refractivity contribution in [2.24, 2.45) is 0 Å². The Morgan fingerprint density at radius 3 is 2.50 bits per heavy atom. The number of benzene rings is 1. The van der Waals surface area contributed by atoms with E-state index < -0.39 is 0 Å². The minimum Gasteiger partial charge on any atom is -0.496 e. The molecule has 18 heavy (non-hydrogen) atoms. The monoisotopic (exact) mass is 249 g/mol. The van der Waals surface area contributed by atoms with Gasteiger partial charge in [0.1, 0.15) is 11.5 Å². The van der Waals surface area contributed by atoms with Gasteiger partial charge in [-0.15, -0.1) is 0 Å². The second kappa shape index (κ2) is 6.55. The number of rotatable bonds is 6. The van der Waals surface area contributed by atoms with Crippen molar-refractivity contribution in [3.8, 4) is 5.75 Å². The first-order chi connectivity index (χ1) is 8.47. The van der Waals surface area contributed by atoms with Crippen molar-refractivity contribution < 1.29 is 9.53 Å². The van der Waals surface area contributed by atoms with E-state index in [1.165, 1.54) is 5.56 Å². The van der Waals surface area contributed by atoms with Crippen LogP contribution < -0.4 is 4.74 Å². The smallest absolute Gasteiger partial charge is 0.146 e. The summed E-state index contributed by atoms with van der Waals surface area (Å²) in [6.45, 7) is 5.71. The molecule has 0 N–H and O–H groups in total. The number of nitrogens with zero attached hydrogens (tertiary/aromatic N) is 1. The summed E-state index contributed by atoms with van der Waals surface area (Å²) in [5.74, 6) is 1.11. The molecule has 1 rings (SSSR count). The zero-order valence-electron chi connectivity index (χ0n) is 11.9. The molecule has 2 unspecified atom stereocenters. The lowest BCUT2D eigenvalue weighted by atomic mass is 10.0. The van der Waals surface area contributed by atoms with Gasteiger partial charge in [0.15, 0.2) is 0 Å². The molecule has 0 aliphatic heterocycles. The third-order valence-electron chi connectivity index (χ3n) is 3.60. The molecule has 0 aliphatic rings. The SMILES string of the molecule is COc1ccccc1CC(C)N(C)C(C)C(C)=O. The summed E-state index contributed by atoms with van der Waals surface area (Å²) in [4.78, 5) is 13.5. The Balaban J connectivity index is 2.75. The van der Waals surface area contributed by atoms with Crippen LogP contribution in [-0.4, -0.2) is 36.9 Å². The number of hydrogen-bond donors (Lipinski definition) is 0. The van der Waals surface area contributed by atoms with E-state index in [2.05, 4.69) is 17.9 Å². The summed E-state index contributed by atoms with van der Waals surface area (Å²) in [6.07, 6.45) is 0.873. The highest BCUT2D eigenvalue weighted by Crippen LogP contribution is 2.20. The van der Waals surface area contributed by atoms with Gasteiger partial charge >= 0.3 is 0 Å². The summed E-state index contributed by atoms with van der Waals surface area (Å²) < 4.78 is 5.35. The Labute approximate surface area is 110 Å².